The molecule has 3 rings (SSSR count). The third-order valence-electron chi connectivity index (χ3n) is 5.83. The van der Waals surface area contributed by atoms with E-state index >= 15 is 0 Å². The Hall–Kier alpha value is -1.07. The van der Waals surface area contributed by atoms with Crippen molar-refractivity contribution in [3.63, 3.8) is 0 Å². The summed E-state index contributed by atoms with van der Waals surface area (Å²) in [7, 11) is 3.51. The molecular weight excluding hydrogens is 270 g/mol. The number of hydrogen-bond donors (Lipinski definition) is 1. The molecule has 0 aromatic carbocycles. The highest BCUT2D eigenvalue weighted by Gasteiger charge is 2.64. The number of hydrogen-bond acceptors (Lipinski definition) is 4. The molecule has 1 amide bonds. The largest absolute Gasteiger partial charge is 0.442 e. The van der Waals surface area contributed by atoms with E-state index < -0.39 is 11.9 Å². The van der Waals surface area contributed by atoms with Crippen molar-refractivity contribution in [3.05, 3.63) is 12.2 Å². The molecule has 0 spiro atoms. The molecule has 5 heteroatoms. The molecule has 2 saturated carbocycles. The van der Waals surface area contributed by atoms with Gasteiger partial charge in [0.25, 0.3) is 0 Å². The molecule has 118 valence electrons. The molecule has 21 heavy (non-hydrogen) atoms. The zero-order valence-electron chi connectivity index (χ0n) is 12.8. The van der Waals surface area contributed by atoms with Gasteiger partial charge in [0.05, 0.1) is 0 Å². The second-order valence-corrected chi connectivity index (χ2v) is 6.46. The van der Waals surface area contributed by atoms with Crippen LogP contribution < -0.4 is 5.73 Å². The van der Waals surface area contributed by atoms with Crippen LogP contribution in [0.1, 0.15) is 32.1 Å². The number of methoxy groups -OCH3 is 2. The van der Waals surface area contributed by atoms with Crippen LogP contribution in [0, 0.1) is 23.7 Å². The summed E-state index contributed by atoms with van der Waals surface area (Å²) in [4.78, 5) is 11.1. The number of allylic oxidation sites excluding steroid dienone is 1. The van der Waals surface area contributed by atoms with E-state index in [0.717, 1.165) is 25.7 Å². The first-order valence-corrected chi connectivity index (χ1v) is 7.85. The van der Waals surface area contributed by atoms with Crippen LogP contribution in [-0.4, -0.2) is 32.2 Å². The fourth-order valence-corrected chi connectivity index (χ4v) is 5.22. The third-order valence-corrected chi connectivity index (χ3v) is 5.83. The SMILES string of the molecule is COC1(OC)C2CCC1C1CC(OC(N)=O)C=CCCC12. The first kappa shape index (κ1) is 14.9. The number of carbonyl (C=O) groups excluding carboxylic acids is 1. The van der Waals surface area contributed by atoms with Gasteiger partial charge in [0.2, 0.25) is 0 Å². The predicted molar refractivity (Wildman–Crippen MR) is 77.4 cm³/mol. The van der Waals surface area contributed by atoms with Gasteiger partial charge in [-0.15, -0.1) is 0 Å². The first-order chi connectivity index (χ1) is 10.1. The van der Waals surface area contributed by atoms with Crippen molar-refractivity contribution < 1.29 is 19.0 Å². The Labute approximate surface area is 125 Å². The smallest absolute Gasteiger partial charge is 0.405 e. The quantitative estimate of drug-likeness (QED) is 0.641. The lowest BCUT2D eigenvalue weighted by Crippen LogP contribution is -2.40. The maximum Gasteiger partial charge on any atom is 0.405 e. The normalized spacial score (nSPS) is 40.4. The maximum atomic E-state index is 11.1. The number of primary amides is 1. The molecular formula is C16H25NO4. The molecule has 5 unspecified atom stereocenters. The fourth-order valence-electron chi connectivity index (χ4n) is 5.22. The summed E-state index contributed by atoms with van der Waals surface area (Å²) in [6.45, 7) is 0. The number of ether oxygens (including phenoxy) is 3. The number of carbonyl (C=O) groups is 1. The Morgan fingerprint density at radius 3 is 2.43 bits per heavy atom. The van der Waals surface area contributed by atoms with Crippen molar-refractivity contribution in [1.29, 1.82) is 0 Å². The Kier molecular flexibility index (Phi) is 3.97. The van der Waals surface area contributed by atoms with Gasteiger partial charge in [-0.25, -0.2) is 4.79 Å². The zero-order chi connectivity index (χ0) is 15.0. The maximum absolute atomic E-state index is 11.1. The highest BCUT2D eigenvalue weighted by molar-refractivity contribution is 5.65. The van der Waals surface area contributed by atoms with E-state index in [1.807, 2.05) is 6.08 Å². The van der Waals surface area contributed by atoms with Gasteiger partial charge in [-0.3, -0.25) is 0 Å². The lowest BCUT2D eigenvalue weighted by molar-refractivity contribution is -0.239. The lowest BCUT2D eigenvalue weighted by Gasteiger charge is -2.33. The standard InChI is InChI=1S/C16H25NO4/c1-19-16(20-2)13-7-8-14(16)12-9-10(21-15(17)18)5-3-4-6-11(12)13/h3,5,10-14H,4,6-9H2,1-2H3,(H2,17,18). The average molecular weight is 295 g/mol. The lowest BCUT2D eigenvalue weighted by atomic mass is 9.73. The second-order valence-electron chi connectivity index (χ2n) is 6.46. The molecule has 0 aliphatic heterocycles. The molecule has 0 aromatic heterocycles. The van der Waals surface area contributed by atoms with E-state index in [0.29, 0.717) is 23.7 Å². The molecule has 2 fully saturated rings. The van der Waals surface area contributed by atoms with E-state index in [1.54, 1.807) is 14.2 Å². The van der Waals surface area contributed by atoms with Gasteiger partial charge in [0.1, 0.15) is 6.10 Å². The monoisotopic (exact) mass is 295 g/mol. The number of rotatable bonds is 3. The van der Waals surface area contributed by atoms with Crippen molar-refractivity contribution in [2.45, 2.75) is 44.0 Å². The molecule has 5 atom stereocenters. The van der Waals surface area contributed by atoms with Crippen molar-refractivity contribution in [2.75, 3.05) is 14.2 Å². The van der Waals surface area contributed by atoms with Gasteiger partial charge in [-0.1, -0.05) is 6.08 Å². The third kappa shape index (κ3) is 2.27. The average Bonchev–Trinajstić information content (AvgIpc) is 2.90. The van der Waals surface area contributed by atoms with Crippen LogP contribution in [0.5, 0.6) is 0 Å². The van der Waals surface area contributed by atoms with Gasteiger partial charge in [-0.05, 0) is 50.0 Å². The molecule has 0 radical (unpaired) electrons. The Morgan fingerprint density at radius 1 is 1.14 bits per heavy atom. The van der Waals surface area contributed by atoms with Gasteiger partial charge in [0.15, 0.2) is 5.79 Å². The second kappa shape index (κ2) is 5.61. The number of fused-ring (bicyclic) bond motifs is 5. The summed E-state index contributed by atoms with van der Waals surface area (Å²) in [5.74, 6) is 1.43. The summed E-state index contributed by atoms with van der Waals surface area (Å²) in [6.07, 6.45) is 8.44. The van der Waals surface area contributed by atoms with Gasteiger partial charge in [-0.2, -0.15) is 0 Å². The van der Waals surface area contributed by atoms with Crippen LogP contribution in [0.3, 0.4) is 0 Å². The molecule has 3 aliphatic carbocycles. The van der Waals surface area contributed by atoms with E-state index in [9.17, 15) is 4.79 Å². The Bertz CT molecular complexity index is 432. The number of amides is 1. The van der Waals surface area contributed by atoms with E-state index in [2.05, 4.69) is 6.08 Å². The first-order valence-electron chi connectivity index (χ1n) is 7.85. The minimum atomic E-state index is -0.699. The van der Waals surface area contributed by atoms with Crippen LogP contribution in [0.15, 0.2) is 12.2 Å². The molecule has 0 saturated heterocycles. The molecule has 3 aliphatic rings. The van der Waals surface area contributed by atoms with Crippen molar-refractivity contribution in [3.8, 4) is 0 Å². The molecule has 0 aromatic rings. The van der Waals surface area contributed by atoms with Crippen molar-refractivity contribution in [2.24, 2.45) is 29.4 Å². The van der Waals surface area contributed by atoms with E-state index in [4.69, 9.17) is 19.9 Å². The highest BCUT2D eigenvalue weighted by Crippen LogP contribution is 2.62. The van der Waals surface area contributed by atoms with Gasteiger partial charge >= 0.3 is 6.09 Å². The molecule has 2 N–H and O–H groups in total. The Morgan fingerprint density at radius 2 is 1.81 bits per heavy atom. The van der Waals surface area contributed by atoms with Gasteiger partial charge in [0, 0.05) is 26.1 Å². The zero-order valence-corrected chi connectivity index (χ0v) is 12.8. The minimum absolute atomic E-state index is 0.221. The Balaban J connectivity index is 1.85. The molecule has 0 heterocycles. The summed E-state index contributed by atoms with van der Waals surface area (Å²) in [6, 6.07) is 0. The van der Waals surface area contributed by atoms with Crippen LogP contribution in [0.2, 0.25) is 0 Å². The molecule has 2 bridgehead atoms. The predicted octanol–water partition coefficient (Wildman–Crippen LogP) is 2.45. The summed E-state index contributed by atoms with van der Waals surface area (Å²) in [5, 5.41) is 0. The minimum Gasteiger partial charge on any atom is -0.442 e. The van der Waals surface area contributed by atoms with Crippen LogP contribution in [0.4, 0.5) is 4.79 Å². The fraction of sp³-hybridized carbons (Fsp3) is 0.812. The topological polar surface area (TPSA) is 70.8 Å². The van der Waals surface area contributed by atoms with Crippen molar-refractivity contribution in [1.82, 2.24) is 0 Å². The summed E-state index contributed by atoms with van der Waals surface area (Å²) >= 11 is 0. The van der Waals surface area contributed by atoms with E-state index in [-0.39, 0.29) is 6.10 Å². The molecule has 5 nitrogen and oxygen atoms in total. The van der Waals surface area contributed by atoms with Crippen LogP contribution in [0.25, 0.3) is 0 Å². The van der Waals surface area contributed by atoms with Gasteiger partial charge < -0.3 is 19.9 Å². The van der Waals surface area contributed by atoms with Crippen LogP contribution >= 0.6 is 0 Å². The van der Waals surface area contributed by atoms with Crippen molar-refractivity contribution >= 4 is 6.09 Å². The highest BCUT2D eigenvalue weighted by atomic mass is 16.7. The van der Waals surface area contributed by atoms with E-state index in [1.165, 1.54) is 6.42 Å². The van der Waals surface area contributed by atoms with Crippen LogP contribution in [-0.2, 0) is 14.2 Å². The summed E-state index contributed by atoms with van der Waals surface area (Å²) in [5.41, 5.74) is 5.19. The summed E-state index contributed by atoms with van der Waals surface area (Å²) < 4.78 is 16.9. The number of nitrogens with two attached hydrogens (primary N) is 1.